The van der Waals surface area contributed by atoms with Gasteiger partial charge in [0.15, 0.2) is 0 Å². The van der Waals surface area contributed by atoms with Crippen molar-refractivity contribution in [1.82, 2.24) is 24.6 Å². The number of nitrogens with one attached hydrogen (secondary N) is 1. The lowest BCUT2D eigenvalue weighted by atomic mass is 9.98. The van der Waals surface area contributed by atoms with Crippen LogP contribution in [0.1, 0.15) is 35.8 Å². The first-order valence-corrected chi connectivity index (χ1v) is 10.2. The van der Waals surface area contributed by atoms with Crippen molar-refractivity contribution in [2.45, 2.75) is 38.3 Å². The van der Waals surface area contributed by atoms with E-state index < -0.39 is 11.7 Å². The van der Waals surface area contributed by atoms with Crippen molar-refractivity contribution < 1.29 is 9.18 Å². The second kappa shape index (κ2) is 8.79. The molecule has 0 aliphatic carbocycles. The van der Waals surface area contributed by atoms with Crippen LogP contribution in [0.25, 0.3) is 0 Å². The Labute approximate surface area is 177 Å². The van der Waals surface area contributed by atoms with Gasteiger partial charge in [-0.15, -0.1) is 0 Å². The van der Waals surface area contributed by atoms with Gasteiger partial charge in [-0.2, -0.15) is 5.10 Å². The van der Waals surface area contributed by atoms with Crippen molar-refractivity contribution in [3.8, 4) is 0 Å². The molecule has 7 nitrogen and oxygen atoms in total. The number of carbonyl (C=O) groups is 1. The minimum Gasteiger partial charge on any atom is -0.355 e. The Morgan fingerprint density at radius 1 is 1.30 bits per heavy atom. The van der Waals surface area contributed by atoms with Crippen LogP contribution >= 0.6 is 11.6 Å². The Hall–Kier alpha value is -3.00. The number of nitrogens with zero attached hydrogens (tertiary/aromatic N) is 4. The molecule has 1 aliphatic rings. The van der Waals surface area contributed by atoms with Crippen LogP contribution in [-0.4, -0.2) is 31.8 Å². The van der Waals surface area contributed by atoms with E-state index in [1.54, 1.807) is 10.8 Å². The topological polar surface area (TPSA) is 81.8 Å². The van der Waals surface area contributed by atoms with Crippen LogP contribution in [0.4, 0.5) is 4.39 Å². The number of hydrogen-bond donors (Lipinski definition) is 1. The highest BCUT2D eigenvalue weighted by molar-refractivity contribution is 6.31. The third kappa shape index (κ3) is 4.28. The summed E-state index contributed by atoms with van der Waals surface area (Å²) in [7, 11) is 0. The summed E-state index contributed by atoms with van der Waals surface area (Å²) < 4.78 is 16.1. The molecule has 1 aromatic carbocycles. The van der Waals surface area contributed by atoms with E-state index in [4.69, 9.17) is 11.6 Å². The van der Waals surface area contributed by atoms with Gasteiger partial charge in [0.25, 0.3) is 0 Å². The predicted molar refractivity (Wildman–Crippen MR) is 110 cm³/mol. The van der Waals surface area contributed by atoms with Crippen LogP contribution in [0.3, 0.4) is 0 Å². The van der Waals surface area contributed by atoms with Crippen LogP contribution in [0.15, 0.2) is 47.4 Å². The molecular formula is C21H21ClFN5O2. The summed E-state index contributed by atoms with van der Waals surface area (Å²) in [6.07, 6.45) is 3.69. The lowest BCUT2D eigenvalue weighted by Gasteiger charge is -2.21. The molecule has 1 amide bonds. The number of hydrogen-bond acceptors (Lipinski definition) is 4. The smallest absolute Gasteiger partial charge is 0.346 e. The number of rotatable bonds is 6. The van der Waals surface area contributed by atoms with Gasteiger partial charge < -0.3 is 5.32 Å². The molecule has 0 radical (unpaired) electrons. The first-order chi connectivity index (χ1) is 14.5. The third-order valence-corrected chi connectivity index (χ3v) is 5.55. The van der Waals surface area contributed by atoms with Gasteiger partial charge in [-0.1, -0.05) is 23.7 Å². The number of pyridine rings is 1. The number of benzene rings is 1. The predicted octanol–water partition coefficient (Wildman–Crippen LogP) is 2.52. The van der Waals surface area contributed by atoms with Gasteiger partial charge in [-0.25, -0.2) is 13.9 Å². The minimum atomic E-state index is -0.486. The third-order valence-electron chi connectivity index (χ3n) is 5.20. The Bertz CT molecular complexity index is 1110. The molecule has 156 valence electrons. The van der Waals surface area contributed by atoms with Gasteiger partial charge in [0.1, 0.15) is 11.6 Å². The molecule has 2 aromatic heterocycles. The Kier molecular flexibility index (Phi) is 5.94. The van der Waals surface area contributed by atoms with Gasteiger partial charge in [0.05, 0.1) is 12.5 Å². The highest BCUT2D eigenvalue weighted by Gasteiger charge is 2.31. The zero-order valence-corrected chi connectivity index (χ0v) is 17.0. The molecule has 4 rings (SSSR count). The van der Waals surface area contributed by atoms with E-state index in [0.717, 1.165) is 5.69 Å². The second-order valence-corrected chi connectivity index (χ2v) is 7.65. The fourth-order valence-electron chi connectivity index (χ4n) is 3.65. The fourth-order valence-corrected chi connectivity index (χ4v) is 3.88. The summed E-state index contributed by atoms with van der Waals surface area (Å²) in [6.45, 7) is 1.09. The van der Waals surface area contributed by atoms with E-state index in [-0.39, 0.29) is 23.2 Å². The minimum absolute atomic E-state index is 0.117. The molecule has 30 heavy (non-hydrogen) atoms. The Morgan fingerprint density at radius 3 is 2.93 bits per heavy atom. The molecule has 1 N–H and O–H groups in total. The first kappa shape index (κ1) is 20.3. The highest BCUT2D eigenvalue weighted by atomic mass is 35.5. The number of fused-ring (bicyclic) bond motifs is 1. The summed E-state index contributed by atoms with van der Waals surface area (Å²) in [5.74, 6) is -0.619. The molecule has 3 aromatic rings. The van der Waals surface area contributed by atoms with Crippen molar-refractivity contribution >= 4 is 17.5 Å². The zero-order chi connectivity index (χ0) is 21.1. The molecule has 1 unspecified atom stereocenters. The largest absolute Gasteiger partial charge is 0.355 e. The van der Waals surface area contributed by atoms with E-state index in [1.807, 2.05) is 18.2 Å². The maximum Gasteiger partial charge on any atom is 0.346 e. The van der Waals surface area contributed by atoms with Crippen LogP contribution in [-0.2, 0) is 24.3 Å². The van der Waals surface area contributed by atoms with E-state index >= 15 is 0 Å². The molecule has 1 atom stereocenters. The van der Waals surface area contributed by atoms with Crippen LogP contribution < -0.4 is 11.0 Å². The molecule has 9 heteroatoms. The van der Waals surface area contributed by atoms with E-state index in [0.29, 0.717) is 43.7 Å². The maximum atomic E-state index is 13.3. The van der Waals surface area contributed by atoms with Gasteiger partial charge >= 0.3 is 5.69 Å². The van der Waals surface area contributed by atoms with Gasteiger partial charge in [0.2, 0.25) is 5.91 Å². The Morgan fingerprint density at radius 2 is 2.17 bits per heavy atom. The number of halogens is 2. The van der Waals surface area contributed by atoms with Crippen molar-refractivity contribution in [3.63, 3.8) is 0 Å². The van der Waals surface area contributed by atoms with E-state index in [1.165, 1.54) is 22.9 Å². The number of amides is 1. The lowest BCUT2D eigenvalue weighted by molar-refractivity contribution is -0.123. The highest BCUT2D eigenvalue weighted by Crippen LogP contribution is 2.25. The average Bonchev–Trinajstić information content (AvgIpc) is 3.06. The van der Waals surface area contributed by atoms with E-state index in [9.17, 15) is 14.0 Å². The fraction of sp³-hybridized carbons (Fsp3) is 0.333. The summed E-state index contributed by atoms with van der Waals surface area (Å²) in [6, 6.07) is 9.69. The molecule has 0 fully saturated rings. The van der Waals surface area contributed by atoms with Crippen molar-refractivity contribution in [1.29, 1.82) is 0 Å². The number of aromatic nitrogens is 4. The van der Waals surface area contributed by atoms with Gasteiger partial charge in [0, 0.05) is 36.4 Å². The second-order valence-electron chi connectivity index (χ2n) is 7.24. The molecule has 1 aliphatic heterocycles. The average molecular weight is 430 g/mol. The normalized spacial score (nSPS) is 15.6. The van der Waals surface area contributed by atoms with Crippen molar-refractivity contribution in [3.05, 3.63) is 81.0 Å². The van der Waals surface area contributed by atoms with Crippen LogP contribution in [0.5, 0.6) is 0 Å². The van der Waals surface area contributed by atoms with Crippen molar-refractivity contribution in [2.75, 3.05) is 6.54 Å². The van der Waals surface area contributed by atoms with Crippen LogP contribution in [0.2, 0.25) is 5.02 Å². The quantitative estimate of drug-likeness (QED) is 0.652. The molecule has 0 bridgehead atoms. The zero-order valence-electron chi connectivity index (χ0n) is 16.2. The van der Waals surface area contributed by atoms with E-state index in [2.05, 4.69) is 15.4 Å². The molecule has 0 spiro atoms. The van der Waals surface area contributed by atoms with Gasteiger partial charge in [-0.3, -0.25) is 14.3 Å². The summed E-state index contributed by atoms with van der Waals surface area (Å²) in [5, 5.41) is 7.58. The molecular weight excluding hydrogens is 409 g/mol. The number of carbonyl (C=O) groups excluding carboxylic acids is 1. The summed E-state index contributed by atoms with van der Waals surface area (Å²) in [5.41, 5.74) is 1.20. The summed E-state index contributed by atoms with van der Waals surface area (Å²) >= 11 is 6.09. The Balaban J connectivity index is 1.48. The van der Waals surface area contributed by atoms with Gasteiger partial charge in [-0.05, 0) is 42.7 Å². The molecule has 3 heterocycles. The van der Waals surface area contributed by atoms with Crippen molar-refractivity contribution in [2.24, 2.45) is 0 Å². The first-order valence-electron chi connectivity index (χ1n) is 9.82. The van der Waals surface area contributed by atoms with Crippen LogP contribution in [0, 0.1) is 5.82 Å². The maximum absolute atomic E-state index is 13.3. The summed E-state index contributed by atoms with van der Waals surface area (Å²) in [4.78, 5) is 29.8. The molecule has 0 saturated carbocycles. The SMILES string of the molecule is O=C(NCCc1ccccn1)C1CCCn2c1nn(Cc1ccc(F)cc1Cl)c2=O. The lowest BCUT2D eigenvalue weighted by Crippen LogP contribution is -2.36. The monoisotopic (exact) mass is 429 g/mol. The standard InChI is InChI=1S/C21H21ClFN5O2/c22-18-12-15(23)7-6-14(18)13-28-21(30)27-11-3-5-17(19(27)26-28)20(29)25-10-8-16-4-1-2-9-24-16/h1-2,4,6-7,9,12,17H,3,5,8,10-11,13H2,(H,25,29). The molecule has 0 saturated heterocycles.